The number of rotatable bonds is 8. The fourth-order valence-electron chi connectivity index (χ4n) is 2.30. The van der Waals surface area contributed by atoms with Crippen LogP contribution in [0.4, 0.5) is 0 Å². The highest BCUT2D eigenvalue weighted by molar-refractivity contribution is 7.80. The monoisotopic (exact) mass is 401 g/mol. The first kappa shape index (κ1) is 21.4. The van der Waals surface area contributed by atoms with Crippen molar-refractivity contribution in [2.45, 2.75) is 0 Å². The van der Waals surface area contributed by atoms with Gasteiger partial charge in [-0.3, -0.25) is 4.79 Å². The Morgan fingerprint density at radius 3 is 1.07 bits per heavy atom. The van der Waals surface area contributed by atoms with Gasteiger partial charge in [0, 0.05) is 12.3 Å². The van der Waals surface area contributed by atoms with E-state index >= 15 is 0 Å². The minimum Gasteiger partial charge on any atom is -0.478 e. The zero-order valence-electron chi connectivity index (χ0n) is 13.0. The molecule has 0 spiro atoms. The molecular weight excluding hydrogens is 390 g/mol. The van der Waals surface area contributed by atoms with Crippen LogP contribution >= 0.6 is 12.6 Å². The predicted molar refractivity (Wildman–Crippen MR) is 87.4 cm³/mol. The predicted octanol–water partition coefficient (Wildman–Crippen LogP) is -0.163. The minimum atomic E-state index is -2.20. The summed E-state index contributed by atoms with van der Waals surface area (Å²) >= 11 is 3.78. The fraction of sp³-hybridized carbons (Fsp3) is 0.143. The van der Waals surface area contributed by atoms with Crippen LogP contribution in [0.25, 0.3) is 0 Å². The Morgan fingerprint density at radius 2 is 0.852 bits per heavy atom. The molecule has 0 heterocycles. The van der Waals surface area contributed by atoms with E-state index in [0.29, 0.717) is 0 Å². The average Bonchev–Trinajstić information content (AvgIpc) is 2.55. The number of thiol groups is 1. The van der Waals surface area contributed by atoms with E-state index in [4.69, 9.17) is 0 Å². The van der Waals surface area contributed by atoms with Crippen LogP contribution in [0, 0.1) is 0 Å². The van der Waals surface area contributed by atoms with Crippen molar-refractivity contribution < 1.29 is 54.3 Å². The number of carboxylic acid groups (broad SMARTS) is 5. The highest BCUT2D eigenvalue weighted by Crippen LogP contribution is 2.30. The topological polar surface area (TPSA) is 216 Å². The van der Waals surface area contributed by atoms with Crippen molar-refractivity contribution >= 4 is 48.4 Å². The quantitative estimate of drug-likeness (QED) is 0.284. The summed E-state index contributed by atoms with van der Waals surface area (Å²) in [6.07, 6.45) is 0. The lowest BCUT2D eigenvalue weighted by Gasteiger charge is -2.17. The van der Waals surface area contributed by atoms with Gasteiger partial charge in [-0.05, 0) is 0 Å². The third-order valence-electron chi connectivity index (χ3n) is 3.19. The minimum absolute atomic E-state index is 0.0291. The molecular formula is C14H11NO11S. The molecule has 6 N–H and O–H groups in total. The summed E-state index contributed by atoms with van der Waals surface area (Å²) in [5.41, 5.74) is -8.85. The Labute approximate surface area is 154 Å². The van der Waals surface area contributed by atoms with Gasteiger partial charge in [0.05, 0.1) is 33.4 Å². The highest BCUT2D eigenvalue weighted by Gasteiger charge is 2.40. The molecule has 12 nitrogen and oxygen atoms in total. The molecule has 27 heavy (non-hydrogen) atoms. The molecule has 0 saturated carbocycles. The Hall–Kier alpha value is -3.61. The number of carboxylic acids is 5. The van der Waals surface area contributed by atoms with Crippen molar-refractivity contribution in [1.29, 1.82) is 0 Å². The van der Waals surface area contributed by atoms with Gasteiger partial charge in [-0.25, -0.2) is 24.0 Å². The summed E-state index contributed by atoms with van der Waals surface area (Å²) in [5, 5.41) is 48.4. The van der Waals surface area contributed by atoms with Crippen LogP contribution in [0.3, 0.4) is 0 Å². The van der Waals surface area contributed by atoms with Crippen molar-refractivity contribution in [3.05, 3.63) is 33.4 Å². The van der Waals surface area contributed by atoms with Crippen LogP contribution in [0.5, 0.6) is 0 Å². The van der Waals surface area contributed by atoms with Gasteiger partial charge in [-0.2, -0.15) is 12.6 Å². The van der Waals surface area contributed by atoms with E-state index in [2.05, 4.69) is 12.6 Å². The maximum Gasteiger partial charge on any atom is 0.337 e. The lowest BCUT2D eigenvalue weighted by molar-refractivity contribution is 0.0606. The first-order valence-electron chi connectivity index (χ1n) is 6.76. The van der Waals surface area contributed by atoms with Crippen molar-refractivity contribution in [3.63, 3.8) is 0 Å². The summed E-state index contributed by atoms with van der Waals surface area (Å²) in [4.78, 5) is 69.8. The molecule has 0 saturated heterocycles. The Balaban J connectivity index is 4.34. The normalized spacial score (nSPS) is 10.1. The van der Waals surface area contributed by atoms with Crippen molar-refractivity contribution in [3.8, 4) is 0 Å². The van der Waals surface area contributed by atoms with Crippen molar-refractivity contribution in [2.24, 2.45) is 0 Å². The fourth-order valence-corrected chi connectivity index (χ4v) is 2.42. The molecule has 1 aromatic carbocycles. The first-order chi connectivity index (χ1) is 12.5. The summed E-state index contributed by atoms with van der Waals surface area (Å²) in [5.74, 6) is -12.2. The van der Waals surface area contributed by atoms with Crippen LogP contribution in [0.15, 0.2) is 0 Å². The molecule has 0 aliphatic heterocycles. The van der Waals surface area contributed by atoms with E-state index in [1.807, 2.05) is 5.32 Å². The third-order valence-corrected chi connectivity index (χ3v) is 3.42. The molecule has 13 heteroatoms. The molecule has 1 aromatic rings. The molecule has 144 valence electrons. The second-order valence-electron chi connectivity index (χ2n) is 4.76. The largest absolute Gasteiger partial charge is 0.478 e. The number of carbonyl (C=O) groups is 6. The standard InChI is InChI=1S/C14H11NO11S/c16-9(15-1-2-27)3-4(10(17)18)6(12(21)22)8(14(25)26)7(13(23)24)5(3)11(19)20/h27H,1-2H2,(H,15,16)(H,17,18)(H,19,20)(H,21,22)(H,23,24)(H,25,26). The van der Waals surface area contributed by atoms with Crippen LogP contribution in [0.1, 0.15) is 62.1 Å². The smallest absolute Gasteiger partial charge is 0.337 e. The number of hydrogen-bond acceptors (Lipinski definition) is 7. The molecule has 1 rings (SSSR count). The maximum atomic E-state index is 12.3. The molecule has 0 aliphatic carbocycles. The number of carbonyl (C=O) groups excluding carboxylic acids is 1. The zero-order valence-corrected chi connectivity index (χ0v) is 13.9. The zero-order chi connectivity index (χ0) is 21.0. The summed E-state index contributed by atoms with van der Waals surface area (Å²) < 4.78 is 0. The molecule has 1 amide bonds. The lowest BCUT2D eigenvalue weighted by Crippen LogP contribution is -2.33. The Kier molecular flexibility index (Phi) is 6.49. The van der Waals surface area contributed by atoms with E-state index in [9.17, 15) is 54.3 Å². The summed E-state index contributed by atoms with van der Waals surface area (Å²) in [6, 6.07) is 0. The van der Waals surface area contributed by atoms with Crippen molar-refractivity contribution in [2.75, 3.05) is 12.3 Å². The molecule has 0 unspecified atom stereocenters. The number of amides is 1. The van der Waals surface area contributed by atoms with Gasteiger partial charge in [0.25, 0.3) is 5.91 Å². The number of benzene rings is 1. The first-order valence-corrected chi connectivity index (χ1v) is 7.40. The van der Waals surface area contributed by atoms with Gasteiger partial charge >= 0.3 is 29.8 Å². The van der Waals surface area contributed by atoms with Gasteiger partial charge in [-0.15, -0.1) is 0 Å². The lowest BCUT2D eigenvalue weighted by atomic mass is 9.85. The van der Waals surface area contributed by atoms with Gasteiger partial charge in [0.15, 0.2) is 0 Å². The number of aromatic carboxylic acids is 5. The Morgan fingerprint density at radius 1 is 0.593 bits per heavy atom. The van der Waals surface area contributed by atoms with Gasteiger partial charge in [-0.1, -0.05) is 0 Å². The van der Waals surface area contributed by atoms with E-state index in [0.717, 1.165) is 0 Å². The number of nitrogens with one attached hydrogen (secondary N) is 1. The molecule has 0 bridgehead atoms. The highest BCUT2D eigenvalue weighted by atomic mass is 32.1. The molecule has 0 fully saturated rings. The van der Waals surface area contributed by atoms with Crippen LogP contribution in [-0.4, -0.2) is 73.6 Å². The van der Waals surface area contributed by atoms with Crippen LogP contribution < -0.4 is 5.32 Å². The van der Waals surface area contributed by atoms with Crippen molar-refractivity contribution in [1.82, 2.24) is 5.32 Å². The van der Waals surface area contributed by atoms with E-state index < -0.39 is 69.1 Å². The van der Waals surface area contributed by atoms with Gasteiger partial charge in [0.1, 0.15) is 0 Å². The van der Waals surface area contributed by atoms with Crippen LogP contribution in [-0.2, 0) is 0 Å². The maximum absolute atomic E-state index is 12.3. The van der Waals surface area contributed by atoms with Gasteiger partial charge in [0.2, 0.25) is 0 Å². The van der Waals surface area contributed by atoms with E-state index in [1.165, 1.54) is 0 Å². The average molecular weight is 401 g/mol. The number of hydrogen-bond donors (Lipinski definition) is 7. The molecule has 0 aromatic heterocycles. The van der Waals surface area contributed by atoms with E-state index in [1.54, 1.807) is 0 Å². The molecule has 0 radical (unpaired) electrons. The van der Waals surface area contributed by atoms with Crippen LogP contribution in [0.2, 0.25) is 0 Å². The summed E-state index contributed by atoms with van der Waals surface area (Å²) in [7, 11) is 0. The summed E-state index contributed by atoms with van der Waals surface area (Å²) in [6.45, 7) is -0.203. The van der Waals surface area contributed by atoms with E-state index in [-0.39, 0.29) is 12.3 Å². The Bertz CT molecular complexity index is 837. The third kappa shape index (κ3) is 3.98. The van der Waals surface area contributed by atoms with Gasteiger partial charge < -0.3 is 30.8 Å². The molecule has 0 aliphatic rings. The SMILES string of the molecule is O=C(O)c1c(C(=O)O)c(C(=O)O)c(C(=O)NCCS)c(C(=O)O)c1C(=O)O. The second-order valence-corrected chi connectivity index (χ2v) is 5.20. The molecule has 0 atom stereocenters. The second kappa shape index (κ2) is 8.18.